The van der Waals surface area contributed by atoms with E-state index in [1.54, 1.807) is 12.4 Å². The van der Waals surface area contributed by atoms with Crippen molar-refractivity contribution in [2.24, 2.45) is 0 Å². The molecule has 0 amide bonds. The molecule has 0 aliphatic rings. The van der Waals surface area contributed by atoms with Crippen LogP contribution in [0.4, 0.5) is 0 Å². The topological polar surface area (TPSA) is 55.2 Å². The summed E-state index contributed by atoms with van der Waals surface area (Å²) >= 11 is 3.35. The Bertz CT molecular complexity index is 762. The van der Waals surface area contributed by atoms with Crippen molar-refractivity contribution in [1.82, 2.24) is 9.97 Å². The number of aliphatic hydroxyl groups excluding tert-OH is 1. The number of ether oxygens (including phenoxy) is 1. The van der Waals surface area contributed by atoms with E-state index >= 15 is 0 Å². The van der Waals surface area contributed by atoms with Gasteiger partial charge < -0.3 is 9.84 Å². The summed E-state index contributed by atoms with van der Waals surface area (Å²) in [6, 6.07) is 11.4. The molecule has 2 heterocycles. The van der Waals surface area contributed by atoms with E-state index in [1.807, 2.05) is 36.4 Å². The predicted molar refractivity (Wildman–Crippen MR) is 79.7 cm³/mol. The SMILES string of the molecule is OCc1cc2ccccc2c(Oc2cncc(Br)c2)n1. The first-order valence-electron chi connectivity index (χ1n) is 6.04. The Morgan fingerprint density at radius 2 is 2.00 bits per heavy atom. The third kappa shape index (κ3) is 2.64. The molecule has 20 heavy (non-hydrogen) atoms. The van der Waals surface area contributed by atoms with Gasteiger partial charge in [0, 0.05) is 16.1 Å². The molecule has 0 saturated carbocycles. The highest BCUT2D eigenvalue weighted by molar-refractivity contribution is 9.10. The van der Waals surface area contributed by atoms with E-state index < -0.39 is 0 Å². The fourth-order valence-electron chi connectivity index (χ4n) is 1.94. The van der Waals surface area contributed by atoms with Crippen LogP contribution >= 0.6 is 15.9 Å². The van der Waals surface area contributed by atoms with Crippen LogP contribution < -0.4 is 4.74 Å². The van der Waals surface area contributed by atoms with E-state index in [9.17, 15) is 5.11 Å². The van der Waals surface area contributed by atoms with Crippen LogP contribution in [0.25, 0.3) is 10.8 Å². The fourth-order valence-corrected chi connectivity index (χ4v) is 2.28. The van der Waals surface area contributed by atoms with E-state index in [4.69, 9.17) is 4.74 Å². The molecule has 0 unspecified atom stereocenters. The number of benzene rings is 1. The predicted octanol–water partition coefficient (Wildman–Crippen LogP) is 3.68. The molecular formula is C15H11BrN2O2. The summed E-state index contributed by atoms with van der Waals surface area (Å²) in [5.74, 6) is 1.05. The van der Waals surface area contributed by atoms with Gasteiger partial charge in [0.15, 0.2) is 0 Å². The van der Waals surface area contributed by atoms with Crippen LogP contribution in [0.5, 0.6) is 11.6 Å². The number of hydrogen-bond donors (Lipinski definition) is 1. The third-order valence-corrected chi connectivity index (χ3v) is 3.25. The molecule has 2 aromatic heterocycles. The maximum absolute atomic E-state index is 9.29. The molecule has 0 saturated heterocycles. The van der Waals surface area contributed by atoms with E-state index in [0.29, 0.717) is 17.3 Å². The lowest BCUT2D eigenvalue weighted by atomic mass is 10.1. The minimum Gasteiger partial charge on any atom is -0.437 e. The lowest BCUT2D eigenvalue weighted by molar-refractivity contribution is 0.275. The van der Waals surface area contributed by atoms with Gasteiger partial charge in [0.25, 0.3) is 0 Å². The largest absolute Gasteiger partial charge is 0.437 e. The summed E-state index contributed by atoms with van der Waals surface area (Å²) in [7, 11) is 0. The van der Waals surface area contributed by atoms with Crippen molar-refractivity contribution < 1.29 is 9.84 Å². The number of aromatic nitrogens is 2. The van der Waals surface area contributed by atoms with E-state index in [1.165, 1.54) is 0 Å². The monoisotopic (exact) mass is 330 g/mol. The number of rotatable bonds is 3. The van der Waals surface area contributed by atoms with Crippen LogP contribution in [-0.4, -0.2) is 15.1 Å². The maximum atomic E-state index is 9.29. The summed E-state index contributed by atoms with van der Waals surface area (Å²) in [5, 5.41) is 11.2. The first-order valence-corrected chi connectivity index (χ1v) is 6.83. The number of nitrogens with zero attached hydrogens (tertiary/aromatic N) is 2. The van der Waals surface area contributed by atoms with E-state index in [0.717, 1.165) is 15.2 Å². The Hall–Kier alpha value is -1.98. The average Bonchev–Trinajstić information content (AvgIpc) is 2.47. The molecule has 0 aliphatic heterocycles. The molecule has 0 radical (unpaired) electrons. The molecule has 4 nitrogen and oxygen atoms in total. The second kappa shape index (κ2) is 5.56. The highest BCUT2D eigenvalue weighted by atomic mass is 79.9. The van der Waals surface area contributed by atoms with Crippen LogP contribution in [0.1, 0.15) is 5.69 Å². The van der Waals surface area contributed by atoms with Gasteiger partial charge in [-0.3, -0.25) is 4.98 Å². The molecule has 3 aromatic rings. The van der Waals surface area contributed by atoms with Crippen LogP contribution in [0.3, 0.4) is 0 Å². The van der Waals surface area contributed by atoms with Crippen molar-refractivity contribution >= 4 is 26.7 Å². The van der Waals surface area contributed by atoms with Gasteiger partial charge in [-0.1, -0.05) is 18.2 Å². The first-order chi connectivity index (χ1) is 9.76. The zero-order valence-corrected chi connectivity index (χ0v) is 12.0. The van der Waals surface area contributed by atoms with E-state index in [2.05, 4.69) is 25.9 Å². The van der Waals surface area contributed by atoms with E-state index in [-0.39, 0.29) is 6.61 Å². The Balaban J connectivity index is 2.10. The van der Waals surface area contributed by atoms with Gasteiger partial charge in [-0.25, -0.2) is 4.98 Å². The maximum Gasteiger partial charge on any atom is 0.227 e. The zero-order chi connectivity index (χ0) is 13.9. The van der Waals surface area contributed by atoms with Crippen LogP contribution in [0.2, 0.25) is 0 Å². The van der Waals surface area contributed by atoms with Crippen molar-refractivity contribution in [3.8, 4) is 11.6 Å². The second-order valence-electron chi connectivity index (χ2n) is 4.24. The van der Waals surface area contributed by atoms with Crippen molar-refractivity contribution in [2.75, 3.05) is 0 Å². The van der Waals surface area contributed by atoms with Gasteiger partial charge in [-0.15, -0.1) is 0 Å². The number of halogens is 1. The number of aliphatic hydroxyl groups is 1. The van der Waals surface area contributed by atoms with Gasteiger partial charge >= 0.3 is 0 Å². The van der Waals surface area contributed by atoms with Crippen LogP contribution in [-0.2, 0) is 6.61 Å². The summed E-state index contributed by atoms with van der Waals surface area (Å²) in [5.41, 5.74) is 0.571. The minimum atomic E-state index is -0.127. The van der Waals surface area contributed by atoms with Crippen molar-refractivity contribution in [3.63, 3.8) is 0 Å². The van der Waals surface area contributed by atoms with Gasteiger partial charge in [-0.2, -0.15) is 0 Å². The molecular weight excluding hydrogens is 320 g/mol. The molecule has 0 spiro atoms. The number of pyridine rings is 2. The van der Waals surface area contributed by atoms with Gasteiger partial charge in [-0.05, 0) is 39.5 Å². The molecule has 5 heteroatoms. The standard InChI is InChI=1S/C15H11BrN2O2/c16-11-6-13(8-17-7-11)20-15-14-4-2-1-3-10(14)5-12(9-19)18-15/h1-8,19H,9H2. The minimum absolute atomic E-state index is 0.127. The summed E-state index contributed by atoms with van der Waals surface area (Å²) in [6.45, 7) is -0.127. The second-order valence-corrected chi connectivity index (χ2v) is 5.15. The van der Waals surface area contributed by atoms with Crippen LogP contribution in [0, 0.1) is 0 Å². The third-order valence-electron chi connectivity index (χ3n) is 2.81. The molecule has 1 aromatic carbocycles. The Morgan fingerprint density at radius 1 is 1.15 bits per heavy atom. The molecule has 100 valence electrons. The van der Waals surface area contributed by atoms with Crippen molar-refractivity contribution in [3.05, 3.63) is 59.0 Å². The highest BCUT2D eigenvalue weighted by Gasteiger charge is 2.08. The summed E-state index contributed by atoms with van der Waals surface area (Å²) < 4.78 is 6.63. The van der Waals surface area contributed by atoms with Crippen LogP contribution in [0.15, 0.2) is 53.3 Å². The highest BCUT2D eigenvalue weighted by Crippen LogP contribution is 2.29. The van der Waals surface area contributed by atoms with Gasteiger partial charge in [0.2, 0.25) is 5.88 Å². The molecule has 0 bridgehead atoms. The van der Waals surface area contributed by atoms with Gasteiger partial charge in [0.1, 0.15) is 5.75 Å². The fraction of sp³-hybridized carbons (Fsp3) is 0.0667. The van der Waals surface area contributed by atoms with Gasteiger partial charge in [0.05, 0.1) is 18.5 Å². The Labute approximate surface area is 124 Å². The zero-order valence-electron chi connectivity index (χ0n) is 10.5. The quantitative estimate of drug-likeness (QED) is 0.795. The summed E-state index contributed by atoms with van der Waals surface area (Å²) in [6.07, 6.45) is 3.30. The Morgan fingerprint density at radius 3 is 2.80 bits per heavy atom. The molecule has 0 aliphatic carbocycles. The summed E-state index contributed by atoms with van der Waals surface area (Å²) in [4.78, 5) is 8.38. The molecule has 0 fully saturated rings. The lowest BCUT2D eigenvalue weighted by Gasteiger charge is -2.09. The smallest absolute Gasteiger partial charge is 0.227 e. The molecule has 0 atom stereocenters. The number of hydrogen-bond acceptors (Lipinski definition) is 4. The molecule has 1 N–H and O–H groups in total. The normalized spacial score (nSPS) is 10.7. The average molecular weight is 331 g/mol. The first kappa shape index (κ1) is 13.0. The lowest BCUT2D eigenvalue weighted by Crippen LogP contribution is -1.95. The molecule has 3 rings (SSSR count). The number of fused-ring (bicyclic) bond motifs is 1. The van der Waals surface area contributed by atoms with Crippen molar-refractivity contribution in [1.29, 1.82) is 0 Å². The van der Waals surface area contributed by atoms with Crippen molar-refractivity contribution in [2.45, 2.75) is 6.61 Å². The Kier molecular flexibility index (Phi) is 3.62.